The summed E-state index contributed by atoms with van der Waals surface area (Å²) >= 11 is 0. The predicted molar refractivity (Wildman–Crippen MR) is 124 cm³/mol. The molecule has 0 fully saturated rings. The Labute approximate surface area is 192 Å². The molecule has 3 aromatic carbocycles. The number of carbonyl (C=O) groups is 2. The summed E-state index contributed by atoms with van der Waals surface area (Å²) in [6.07, 6.45) is 0.238. The number of hydrogen-bond donors (Lipinski definition) is 1. The average molecular weight is 469 g/mol. The molecule has 172 valence electrons. The van der Waals surface area contributed by atoms with Gasteiger partial charge in [-0.1, -0.05) is 30.3 Å². The van der Waals surface area contributed by atoms with Gasteiger partial charge >= 0.3 is 5.97 Å². The van der Waals surface area contributed by atoms with E-state index in [1.165, 1.54) is 25.2 Å². The summed E-state index contributed by atoms with van der Waals surface area (Å²) in [7, 11) is 0.465. The number of nitrogens with one attached hydrogen (secondary N) is 1. The number of rotatable bonds is 8. The molecule has 0 aliphatic carbocycles. The summed E-state index contributed by atoms with van der Waals surface area (Å²) in [5, 5.41) is 1.06. The average Bonchev–Trinajstić information content (AvgIpc) is 3.08. The van der Waals surface area contributed by atoms with E-state index in [2.05, 4.69) is 4.72 Å². The first-order valence-corrected chi connectivity index (χ1v) is 11.8. The van der Waals surface area contributed by atoms with E-state index in [1.807, 2.05) is 18.2 Å². The lowest BCUT2D eigenvalue weighted by molar-refractivity contribution is -0.145. The van der Waals surface area contributed by atoms with Crippen molar-refractivity contribution >= 4 is 38.4 Å². The van der Waals surface area contributed by atoms with Crippen LogP contribution in [0.5, 0.6) is 5.75 Å². The number of sulfonamides is 1. The smallest absolute Gasteiger partial charge is 0.310 e. The summed E-state index contributed by atoms with van der Waals surface area (Å²) in [6.45, 7) is -0.158. The Kier molecular flexibility index (Phi) is 6.09. The Morgan fingerprint density at radius 2 is 1.82 bits per heavy atom. The molecule has 3 aromatic rings. The largest absolute Gasteiger partial charge is 0.496 e. The summed E-state index contributed by atoms with van der Waals surface area (Å²) in [5.74, 6) is -0.863. The molecule has 0 bridgehead atoms. The topological polar surface area (TPSA) is 102 Å². The molecule has 1 aliphatic rings. The first-order chi connectivity index (χ1) is 15.8. The van der Waals surface area contributed by atoms with Crippen LogP contribution in [-0.2, 0) is 26.0 Å². The molecule has 0 radical (unpaired) electrons. The summed E-state index contributed by atoms with van der Waals surface area (Å²) < 4.78 is 39.3. The van der Waals surface area contributed by atoms with Crippen LogP contribution in [0.1, 0.15) is 15.9 Å². The Hall–Kier alpha value is -3.43. The van der Waals surface area contributed by atoms with E-state index < -0.39 is 21.9 Å². The number of methoxy groups -OCH3 is 2. The van der Waals surface area contributed by atoms with E-state index in [0.717, 1.165) is 5.56 Å². The van der Waals surface area contributed by atoms with Crippen molar-refractivity contribution < 1.29 is 27.5 Å². The molecular weight excluding hydrogens is 444 g/mol. The van der Waals surface area contributed by atoms with Crippen molar-refractivity contribution in [1.82, 2.24) is 4.72 Å². The Morgan fingerprint density at radius 1 is 1.06 bits per heavy atom. The molecule has 0 saturated heterocycles. The van der Waals surface area contributed by atoms with E-state index in [-0.39, 0.29) is 23.8 Å². The highest BCUT2D eigenvalue weighted by Gasteiger charge is 2.31. The fraction of sp³-hybridized carbons (Fsp3) is 0.250. The van der Waals surface area contributed by atoms with Crippen LogP contribution in [0.4, 0.5) is 5.69 Å². The van der Waals surface area contributed by atoms with Crippen LogP contribution in [-0.4, -0.2) is 48.1 Å². The molecule has 1 atom stereocenters. The number of ether oxygens (including phenoxy) is 2. The molecule has 0 aromatic heterocycles. The first-order valence-electron chi connectivity index (χ1n) is 10.3. The molecule has 1 heterocycles. The number of amides is 1. The van der Waals surface area contributed by atoms with Crippen molar-refractivity contribution in [3.8, 4) is 5.75 Å². The minimum absolute atomic E-state index is 0.0482. The highest BCUT2D eigenvalue weighted by molar-refractivity contribution is 7.89. The Morgan fingerprint density at radius 3 is 2.55 bits per heavy atom. The quantitative estimate of drug-likeness (QED) is 0.510. The minimum atomic E-state index is -3.99. The van der Waals surface area contributed by atoms with Crippen LogP contribution >= 0.6 is 0 Å². The lowest BCUT2D eigenvalue weighted by Crippen LogP contribution is -2.35. The standard InChI is InChI=1S/C24H24N2O6S/c1-26-19-11-12-21(17-8-6-9-18(22(17)19)23(26)27)33(29,30)25-14-16(24(28)32-3)13-15-7-4-5-10-20(15)31-2/h4-12,16,25H,13-14H2,1-3H3. The number of hydrogen-bond acceptors (Lipinski definition) is 6. The highest BCUT2D eigenvalue weighted by Crippen LogP contribution is 2.39. The SMILES string of the molecule is COC(=O)C(CNS(=O)(=O)c1ccc2c3c(cccc13)C(=O)N2C)Cc1ccccc1OC. The van der Waals surface area contributed by atoms with Gasteiger partial charge in [0, 0.05) is 29.9 Å². The van der Waals surface area contributed by atoms with Crippen molar-refractivity contribution in [3.05, 3.63) is 65.7 Å². The molecular formula is C24H24N2O6S. The van der Waals surface area contributed by atoms with Crippen molar-refractivity contribution in [2.45, 2.75) is 11.3 Å². The number of nitrogens with zero attached hydrogens (tertiary/aromatic N) is 1. The molecule has 1 aliphatic heterocycles. The third-order valence-electron chi connectivity index (χ3n) is 5.88. The van der Waals surface area contributed by atoms with Crippen molar-refractivity contribution in [2.75, 3.05) is 32.7 Å². The maximum absolute atomic E-state index is 13.3. The fourth-order valence-corrected chi connectivity index (χ4v) is 5.46. The monoisotopic (exact) mass is 468 g/mol. The molecule has 8 nitrogen and oxygen atoms in total. The number of carbonyl (C=O) groups excluding carboxylic acids is 2. The molecule has 4 rings (SSSR count). The van der Waals surface area contributed by atoms with Gasteiger partial charge in [-0.3, -0.25) is 9.59 Å². The highest BCUT2D eigenvalue weighted by atomic mass is 32.2. The zero-order valence-corrected chi connectivity index (χ0v) is 19.3. The van der Waals surface area contributed by atoms with Crippen molar-refractivity contribution in [3.63, 3.8) is 0 Å². The molecule has 1 amide bonds. The second-order valence-electron chi connectivity index (χ2n) is 7.76. The normalized spacial score (nSPS) is 13.9. The van der Waals surface area contributed by atoms with E-state index in [9.17, 15) is 18.0 Å². The van der Waals surface area contributed by atoms with Gasteiger partial charge in [0.05, 0.1) is 30.7 Å². The number of anilines is 1. The predicted octanol–water partition coefficient (Wildman–Crippen LogP) is 2.75. The van der Waals surface area contributed by atoms with Gasteiger partial charge in [0.15, 0.2) is 0 Å². The third kappa shape index (κ3) is 4.05. The number of esters is 1. The van der Waals surface area contributed by atoms with E-state index in [4.69, 9.17) is 9.47 Å². The Balaban J connectivity index is 1.64. The summed E-state index contributed by atoms with van der Waals surface area (Å²) in [4.78, 5) is 26.4. The molecule has 33 heavy (non-hydrogen) atoms. The lowest BCUT2D eigenvalue weighted by atomic mass is 9.99. The van der Waals surface area contributed by atoms with Crippen molar-refractivity contribution in [2.24, 2.45) is 5.92 Å². The molecule has 1 unspecified atom stereocenters. The second-order valence-corrected chi connectivity index (χ2v) is 9.50. The van der Waals surface area contributed by atoms with E-state index >= 15 is 0 Å². The number of para-hydroxylation sites is 1. The number of benzene rings is 3. The zero-order valence-electron chi connectivity index (χ0n) is 18.5. The van der Waals surface area contributed by atoms with Gasteiger partial charge in [-0.25, -0.2) is 13.1 Å². The minimum Gasteiger partial charge on any atom is -0.496 e. The molecule has 9 heteroatoms. The van der Waals surface area contributed by atoms with Crippen LogP contribution in [0.25, 0.3) is 10.8 Å². The van der Waals surface area contributed by atoms with E-state index in [1.54, 1.807) is 37.4 Å². The van der Waals surface area contributed by atoms with Gasteiger partial charge in [0.25, 0.3) is 5.91 Å². The van der Waals surface area contributed by atoms with Crippen LogP contribution in [0.15, 0.2) is 59.5 Å². The maximum atomic E-state index is 13.3. The summed E-state index contributed by atoms with van der Waals surface area (Å²) in [6, 6.07) is 15.4. The zero-order chi connectivity index (χ0) is 23.8. The van der Waals surface area contributed by atoms with Crippen LogP contribution in [0, 0.1) is 5.92 Å². The lowest BCUT2D eigenvalue weighted by Gasteiger charge is -2.18. The molecule has 1 N–H and O–H groups in total. The van der Waals surface area contributed by atoms with Crippen molar-refractivity contribution in [1.29, 1.82) is 0 Å². The van der Waals surface area contributed by atoms with Crippen LogP contribution in [0.3, 0.4) is 0 Å². The van der Waals surface area contributed by atoms with Gasteiger partial charge in [-0.05, 0) is 36.2 Å². The maximum Gasteiger partial charge on any atom is 0.310 e. The Bertz CT molecular complexity index is 1350. The fourth-order valence-electron chi connectivity index (χ4n) is 4.17. The van der Waals surface area contributed by atoms with Gasteiger partial charge < -0.3 is 14.4 Å². The summed E-state index contributed by atoms with van der Waals surface area (Å²) in [5.41, 5.74) is 1.89. The third-order valence-corrected chi connectivity index (χ3v) is 7.36. The van der Waals surface area contributed by atoms with Crippen LogP contribution < -0.4 is 14.4 Å². The first kappa shape index (κ1) is 22.8. The molecule has 0 saturated carbocycles. The second kappa shape index (κ2) is 8.84. The van der Waals surface area contributed by atoms with Gasteiger partial charge in [-0.2, -0.15) is 0 Å². The van der Waals surface area contributed by atoms with Gasteiger partial charge in [0.2, 0.25) is 10.0 Å². The van der Waals surface area contributed by atoms with Crippen LogP contribution in [0.2, 0.25) is 0 Å². The molecule has 0 spiro atoms. The van der Waals surface area contributed by atoms with E-state index in [0.29, 0.717) is 27.8 Å². The van der Waals surface area contributed by atoms with Gasteiger partial charge in [-0.15, -0.1) is 0 Å². The van der Waals surface area contributed by atoms with Gasteiger partial charge in [0.1, 0.15) is 5.75 Å².